The van der Waals surface area contributed by atoms with Crippen molar-refractivity contribution in [2.45, 2.75) is 25.9 Å². The Balaban J connectivity index is 2.69. The number of methoxy groups -OCH3 is 1. The van der Waals surface area contributed by atoms with E-state index in [9.17, 15) is 10.1 Å². The van der Waals surface area contributed by atoms with E-state index >= 15 is 0 Å². The molecule has 0 saturated carbocycles. The maximum Gasteiger partial charge on any atom is 0.217 e. The van der Waals surface area contributed by atoms with Crippen LogP contribution in [0.4, 0.5) is 0 Å². The molecule has 0 spiro atoms. The van der Waals surface area contributed by atoms with Crippen molar-refractivity contribution in [3.63, 3.8) is 0 Å². The van der Waals surface area contributed by atoms with Crippen LogP contribution in [0.2, 0.25) is 0 Å². The summed E-state index contributed by atoms with van der Waals surface area (Å²) in [6.07, 6.45) is 0. The molecule has 0 bridgehead atoms. The third-order valence-corrected chi connectivity index (χ3v) is 2.66. The Labute approximate surface area is 113 Å². The number of carbonyl (C=O) groups excluding carboxylic acids is 1. The van der Waals surface area contributed by atoms with Crippen LogP contribution < -0.4 is 15.4 Å². The van der Waals surface area contributed by atoms with Crippen molar-refractivity contribution in [1.29, 1.82) is 5.26 Å². The standard InChI is InChI=1S/C14H19N3O2/c1-10(17-11(2)18)9-16-13(8-15)12-6-4-5-7-14(12)19-3/h4-7,10,13,16H,9H2,1-3H3,(H,17,18). The lowest BCUT2D eigenvalue weighted by molar-refractivity contribution is -0.119. The highest BCUT2D eigenvalue weighted by molar-refractivity contribution is 5.73. The maximum absolute atomic E-state index is 10.9. The molecule has 0 aliphatic rings. The van der Waals surface area contributed by atoms with Gasteiger partial charge in [0.2, 0.25) is 5.91 Å². The fourth-order valence-corrected chi connectivity index (χ4v) is 1.82. The molecule has 0 radical (unpaired) electrons. The number of carbonyl (C=O) groups is 1. The molecule has 1 rings (SSSR count). The number of nitrogens with one attached hydrogen (secondary N) is 2. The first-order valence-corrected chi connectivity index (χ1v) is 6.11. The van der Waals surface area contributed by atoms with Crippen LogP contribution in [-0.2, 0) is 4.79 Å². The first-order valence-electron chi connectivity index (χ1n) is 6.11. The zero-order chi connectivity index (χ0) is 14.3. The number of nitrogens with zero attached hydrogens (tertiary/aromatic N) is 1. The molecular weight excluding hydrogens is 242 g/mol. The molecule has 1 aromatic carbocycles. The SMILES string of the molecule is COc1ccccc1C(C#N)NCC(C)NC(C)=O. The van der Waals surface area contributed by atoms with Crippen LogP contribution in [0.15, 0.2) is 24.3 Å². The van der Waals surface area contributed by atoms with Gasteiger partial charge in [-0.25, -0.2) is 0 Å². The van der Waals surface area contributed by atoms with Gasteiger partial charge in [0, 0.05) is 25.1 Å². The first-order chi connectivity index (χ1) is 9.08. The fourth-order valence-electron chi connectivity index (χ4n) is 1.82. The Hall–Kier alpha value is -2.06. The minimum atomic E-state index is -0.465. The largest absolute Gasteiger partial charge is 0.496 e. The average molecular weight is 261 g/mol. The Morgan fingerprint density at radius 3 is 2.74 bits per heavy atom. The van der Waals surface area contributed by atoms with Gasteiger partial charge in [-0.2, -0.15) is 5.26 Å². The van der Waals surface area contributed by atoms with Gasteiger partial charge in [-0.3, -0.25) is 10.1 Å². The Morgan fingerprint density at radius 1 is 1.47 bits per heavy atom. The summed E-state index contributed by atoms with van der Waals surface area (Å²) in [7, 11) is 1.58. The van der Waals surface area contributed by atoms with Crippen LogP contribution in [0, 0.1) is 11.3 Å². The summed E-state index contributed by atoms with van der Waals surface area (Å²) in [5.74, 6) is 0.592. The molecule has 5 heteroatoms. The second-order valence-corrected chi connectivity index (χ2v) is 4.31. The molecule has 2 atom stereocenters. The van der Waals surface area contributed by atoms with Crippen LogP contribution in [-0.4, -0.2) is 25.6 Å². The fraction of sp³-hybridized carbons (Fsp3) is 0.429. The maximum atomic E-state index is 10.9. The average Bonchev–Trinajstić information content (AvgIpc) is 2.39. The van der Waals surface area contributed by atoms with E-state index in [0.29, 0.717) is 12.3 Å². The van der Waals surface area contributed by atoms with Gasteiger partial charge in [-0.05, 0) is 13.0 Å². The van der Waals surface area contributed by atoms with Gasteiger partial charge >= 0.3 is 0 Å². The topological polar surface area (TPSA) is 74.2 Å². The molecule has 2 unspecified atom stereocenters. The molecule has 1 amide bonds. The van der Waals surface area contributed by atoms with Gasteiger partial charge in [0.25, 0.3) is 0 Å². The van der Waals surface area contributed by atoms with Gasteiger partial charge in [0.1, 0.15) is 11.8 Å². The van der Waals surface area contributed by atoms with Crippen molar-refractivity contribution in [2.75, 3.05) is 13.7 Å². The smallest absolute Gasteiger partial charge is 0.217 e. The van der Waals surface area contributed by atoms with Crippen molar-refractivity contribution in [2.24, 2.45) is 0 Å². The lowest BCUT2D eigenvalue weighted by Crippen LogP contribution is -2.39. The zero-order valence-corrected chi connectivity index (χ0v) is 11.4. The molecule has 0 aliphatic heterocycles. The number of hydrogen-bond donors (Lipinski definition) is 2. The van der Waals surface area contributed by atoms with Gasteiger partial charge in [0.05, 0.1) is 13.2 Å². The lowest BCUT2D eigenvalue weighted by Gasteiger charge is -2.18. The molecule has 5 nitrogen and oxygen atoms in total. The van der Waals surface area contributed by atoms with Crippen molar-refractivity contribution in [3.05, 3.63) is 29.8 Å². The second-order valence-electron chi connectivity index (χ2n) is 4.31. The van der Waals surface area contributed by atoms with Crippen molar-refractivity contribution in [1.82, 2.24) is 10.6 Å². The number of amides is 1. The summed E-state index contributed by atoms with van der Waals surface area (Å²) in [5.41, 5.74) is 0.794. The normalized spacial score (nSPS) is 13.2. The number of rotatable bonds is 6. The highest BCUT2D eigenvalue weighted by atomic mass is 16.5. The third-order valence-electron chi connectivity index (χ3n) is 2.66. The minimum absolute atomic E-state index is 0.0388. The number of nitriles is 1. The van der Waals surface area contributed by atoms with E-state index < -0.39 is 6.04 Å². The number of para-hydroxylation sites is 1. The quantitative estimate of drug-likeness (QED) is 0.811. The van der Waals surface area contributed by atoms with E-state index in [1.54, 1.807) is 7.11 Å². The molecule has 0 aliphatic carbocycles. The van der Waals surface area contributed by atoms with E-state index in [0.717, 1.165) is 5.56 Å². The van der Waals surface area contributed by atoms with Crippen LogP contribution in [0.5, 0.6) is 5.75 Å². The predicted molar refractivity (Wildman–Crippen MR) is 72.6 cm³/mol. The van der Waals surface area contributed by atoms with Crippen LogP contribution >= 0.6 is 0 Å². The number of benzene rings is 1. The Bertz CT molecular complexity index is 468. The van der Waals surface area contributed by atoms with Crippen LogP contribution in [0.25, 0.3) is 0 Å². The summed E-state index contributed by atoms with van der Waals surface area (Å²) >= 11 is 0. The van der Waals surface area contributed by atoms with Crippen LogP contribution in [0.3, 0.4) is 0 Å². The van der Waals surface area contributed by atoms with Gasteiger partial charge in [-0.1, -0.05) is 18.2 Å². The zero-order valence-electron chi connectivity index (χ0n) is 11.4. The molecule has 2 N–H and O–H groups in total. The van der Waals surface area contributed by atoms with Gasteiger partial charge in [-0.15, -0.1) is 0 Å². The molecule has 0 aromatic heterocycles. The van der Waals surface area contributed by atoms with E-state index in [-0.39, 0.29) is 11.9 Å². The highest BCUT2D eigenvalue weighted by Crippen LogP contribution is 2.24. The first kappa shape index (κ1) is 15.0. The van der Waals surface area contributed by atoms with Crippen molar-refractivity contribution < 1.29 is 9.53 Å². The predicted octanol–water partition coefficient (Wildman–Crippen LogP) is 1.37. The summed E-state index contributed by atoms with van der Waals surface area (Å²) in [4.78, 5) is 10.9. The monoisotopic (exact) mass is 261 g/mol. The van der Waals surface area contributed by atoms with E-state index in [4.69, 9.17) is 4.74 Å². The highest BCUT2D eigenvalue weighted by Gasteiger charge is 2.15. The summed E-state index contributed by atoms with van der Waals surface area (Å²) < 4.78 is 5.24. The van der Waals surface area contributed by atoms with Gasteiger partial charge in [0.15, 0.2) is 0 Å². The molecule has 0 saturated heterocycles. The minimum Gasteiger partial charge on any atom is -0.496 e. The molecule has 19 heavy (non-hydrogen) atoms. The van der Waals surface area contributed by atoms with Crippen molar-refractivity contribution >= 4 is 5.91 Å². The van der Waals surface area contributed by atoms with Gasteiger partial charge < -0.3 is 10.1 Å². The molecule has 1 aromatic rings. The molecule has 0 fully saturated rings. The number of hydrogen-bond acceptors (Lipinski definition) is 4. The summed E-state index contributed by atoms with van der Waals surface area (Å²) in [5, 5.41) is 15.1. The molecule has 102 valence electrons. The summed E-state index contributed by atoms with van der Waals surface area (Å²) in [6, 6.07) is 9.08. The molecule has 0 heterocycles. The Kier molecular flexibility index (Phi) is 5.83. The second kappa shape index (κ2) is 7.39. The van der Waals surface area contributed by atoms with Crippen molar-refractivity contribution in [3.8, 4) is 11.8 Å². The van der Waals surface area contributed by atoms with E-state index in [1.807, 2.05) is 31.2 Å². The summed E-state index contributed by atoms with van der Waals surface area (Å²) in [6.45, 7) is 3.86. The lowest BCUT2D eigenvalue weighted by atomic mass is 10.1. The van der Waals surface area contributed by atoms with E-state index in [2.05, 4.69) is 16.7 Å². The number of ether oxygens (including phenoxy) is 1. The van der Waals surface area contributed by atoms with Crippen LogP contribution in [0.1, 0.15) is 25.5 Å². The molecular formula is C14H19N3O2. The van der Waals surface area contributed by atoms with E-state index in [1.165, 1.54) is 6.92 Å². The third kappa shape index (κ3) is 4.60. The Morgan fingerprint density at radius 2 is 2.16 bits per heavy atom.